The van der Waals surface area contributed by atoms with Crippen LogP contribution in [-0.4, -0.2) is 58.7 Å². The minimum absolute atomic E-state index is 0.201. The van der Waals surface area contributed by atoms with Crippen molar-refractivity contribution in [2.45, 2.75) is 84.2 Å². The van der Waals surface area contributed by atoms with Crippen LogP contribution in [-0.2, 0) is 17.1 Å². The third-order valence-corrected chi connectivity index (χ3v) is 16.8. The lowest BCUT2D eigenvalue weighted by Gasteiger charge is -2.43. The van der Waals surface area contributed by atoms with E-state index < -0.39 is 33.8 Å². The minimum Gasteiger partial charge on any atom is -0.417 e. The second-order valence-corrected chi connectivity index (χ2v) is 26.7. The Balaban J connectivity index is 5.42. The molecule has 0 aromatic carbocycles. The van der Waals surface area contributed by atoms with Crippen molar-refractivity contribution in [2.75, 3.05) is 19.8 Å². The van der Waals surface area contributed by atoms with E-state index in [4.69, 9.17) is 17.1 Å². The standard InChI is InChI=1S/C18H44O5Si4/c1-18(2)17-20-14-12-16-27(21-24(3,4)5,22-25(6,7)8)23-26(9,10)15-11-13-19/h19H,1,11-17H2,2-10H3. The minimum atomic E-state index is -2.83. The Hall–Kier alpha value is 0.408. The van der Waals surface area contributed by atoms with Gasteiger partial charge in [0.1, 0.15) is 0 Å². The van der Waals surface area contributed by atoms with E-state index in [0.717, 1.165) is 30.5 Å². The maximum atomic E-state index is 9.25. The first-order chi connectivity index (χ1) is 12.1. The quantitative estimate of drug-likeness (QED) is 0.210. The molecule has 0 heterocycles. The van der Waals surface area contributed by atoms with Crippen LogP contribution in [0.2, 0.25) is 64.5 Å². The fourth-order valence-electron chi connectivity index (χ4n) is 2.76. The number of rotatable bonds is 15. The molecule has 0 saturated heterocycles. The SMILES string of the molecule is C=C(C)COCCC[Si](O[Si](C)(C)C)(O[Si](C)(C)C)O[Si](C)(C)CCCO. The van der Waals surface area contributed by atoms with Crippen LogP contribution in [0.5, 0.6) is 0 Å². The summed E-state index contributed by atoms with van der Waals surface area (Å²) >= 11 is 0. The zero-order valence-corrected chi connectivity index (χ0v) is 23.2. The van der Waals surface area contributed by atoms with Gasteiger partial charge in [-0.25, -0.2) is 0 Å². The van der Waals surface area contributed by atoms with Crippen molar-refractivity contribution >= 4 is 33.8 Å². The molecule has 0 saturated carbocycles. The Morgan fingerprint density at radius 1 is 0.815 bits per heavy atom. The third-order valence-electron chi connectivity index (χ3n) is 3.41. The van der Waals surface area contributed by atoms with Crippen LogP contribution >= 0.6 is 0 Å². The molecule has 9 heteroatoms. The molecule has 0 spiro atoms. The highest BCUT2D eigenvalue weighted by Crippen LogP contribution is 2.31. The van der Waals surface area contributed by atoms with Gasteiger partial charge in [0.15, 0.2) is 25.0 Å². The number of ether oxygens (including phenoxy) is 1. The van der Waals surface area contributed by atoms with Gasteiger partial charge in [0, 0.05) is 19.3 Å². The molecule has 0 rings (SSSR count). The number of aliphatic hydroxyl groups is 1. The first-order valence-electron chi connectivity index (χ1n) is 10.0. The monoisotopic (exact) mass is 452 g/mol. The normalized spacial score (nSPS) is 13.9. The first kappa shape index (κ1) is 27.4. The van der Waals surface area contributed by atoms with Crippen molar-refractivity contribution in [2.24, 2.45) is 0 Å². The molecule has 0 atom stereocenters. The van der Waals surface area contributed by atoms with Gasteiger partial charge in [0.25, 0.3) is 0 Å². The van der Waals surface area contributed by atoms with E-state index in [1.165, 1.54) is 0 Å². The molecule has 1 N–H and O–H groups in total. The third kappa shape index (κ3) is 15.0. The molecule has 5 nitrogen and oxygen atoms in total. The van der Waals surface area contributed by atoms with Crippen LogP contribution in [0.15, 0.2) is 12.2 Å². The molecule has 0 bridgehead atoms. The number of hydrogen-bond donors (Lipinski definition) is 1. The summed E-state index contributed by atoms with van der Waals surface area (Å²) in [7, 11) is -8.55. The molecular weight excluding hydrogens is 409 g/mol. The molecule has 27 heavy (non-hydrogen) atoms. The predicted octanol–water partition coefficient (Wildman–Crippen LogP) is 5.22. The molecular formula is C18H44O5Si4. The summed E-state index contributed by atoms with van der Waals surface area (Å²) < 4.78 is 26.0. The molecule has 0 unspecified atom stereocenters. The van der Waals surface area contributed by atoms with Gasteiger partial charge < -0.3 is 22.2 Å². The summed E-state index contributed by atoms with van der Waals surface area (Å²) in [5.74, 6) is 0. The highest BCUT2D eigenvalue weighted by molar-refractivity contribution is 6.90. The van der Waals surface area contributed by atoms with Crippen molar-refractivity contribution in [1.82, 2.24) is 0 Å². The highest BCUT2D eigenvalue weighted by Gasteiger charge is 2.50. The van der Waals surface area contributed by atoms with E-state index in [1.807, 2.05) is 6.92 Å². The Morgan fingerprint density at radius 2 is 1.33 bits per heavy atom. The summed E-state index contributed by atoms with van der Waals surface area (Å²) in [4.78, 5) is 0. The lowest BCUT2D eigenvalue weighted by molar-refractivity contribution is 0.151. The van der Waals surface area contributed by atoms with Crippen molar-refractivity contribution in [3.05, 3.63) is 12.2 Å². The topological polar surface area (TPSA) is 57.2 Å². The second kappa shape index (κ2) is 11.6. The molecule has 0 fully saturated rings. The molecule has 0 aromatic heterocycles. The van der Waals surface area contributed by atoms with Crippen molar-refractivity contribution in [3.63, 3.8) is 0 Å². The van der Waals surface area contributed by atoms with Gasteiger partial charge in [0.05, 0.1) is 6.61 Å². The van der Waals surface area contributed by atoms with Gasteiger partial charge in [-0.3, -0.25) is 0 Å². The van der Waals surface area contributed by atoms with E-state index in [0.29, 0.717) is 13.2 Å². The summed E-state index contributed by atoms with van der Waals surface area (Å²) in [6, 6.07) is 1.70. The zero-order chi connectivity index (χ0) is 21.4. The maximum Gasteiger partial charge on any atom is 0.469 e. The van der Waals surface area contributed by atoms with Crippen molar-refractivity contribution in [3.8, 4) is 0 Å². The molecule has 0 aliphatic rings. The summed E-state index contributed by atoms with van der Waals surface area (Å²) in [6.45, 7) is 24.9. The van der Waals surface area contributed by atoms with Gasteiger partial charge in [-0.05, 0) is 78.2 Å². The van der Waals surface area contributed by atoms with E-state index in [-0.39, 0.29) is 6.61 Å². The van der Waals surface area contributed by atoms with Gasteiger partial charge in [-0.15, -0.1) is 0 Å². The van der Waals surface area contributed by atoms with E-state index in [2.05, 4.69) is 59.0 Å². The Morgan fingerprint density at radius 3 is 1.74 bits per heavy atom. The van der Waals surface area contributed by atoms with Crippen LogP contribution < -0.4 is 0 Å². The van der Waals surface area contributed by atoms with Crippen LogP contribution in [0, 0.1) is 0 Å². The zero-order valence-electron chi connectivity index (χ0n) is 19.2. The van der Waals surface area contributed by atoms with Crippen LogP contribution in [0.25, 0.3) is 0 Å². The Bertz CT molecular complexity index is 428. The number of hydrogen-bond acceptors (Lipinski definition) is 5. The van der Waals surface area contributed by atoms with Gasteiger partial charge >= 0.3 is 8.80 Å². The average molecular weight is 453 g/mol. The fraction of sp³-hybridized carbons (Fsp3) is 0.889. The van der Waals surface area contributed by atoms with Gasteiger partial charge in [-0.1, -0.05) is 12.2 Å². The molecule has 0 aliphatic carbocycles. The number of aliphatic hydroxyl groups excluding tert-OH is 1. The van der Waals surface area contributed by atoms with Gasteiger partial charge in [0.2, 0.25) is 0 Å². The summed E-state index contributed by atoms with van der Waals surface area (Å²) in [5, 5.41) is 9.25. The molecule has 0 radical (unpaired) electrons. The Labute approximate surface area is 172 Å². The lowest BCUT2D eigenvalue weighted by atomic mass is 10.4. The van der Waals surface area contributed by atoms with E-state index in [9.17, 15) is 5.11 Å². The van der Waals surface area contributed by atoms with Crippen LogP contribution in [0.3, 0.4) is 0 Å². The lowest BCUT2D eigenvalue weighted by Crippen LogP contribution is -2.61. The van der Waals surface area contributed by atoms with Crippen LogP contribution in [0.1, 0.15) is 19.8 Å². The Kier molecular flexibility index (Phi) is 11.7. The highest BCUT2D eigenvalue weighted by atomic mass is 28.5. The smallest absolute Gasteiger partial charge is 0.417 e. The van der Waals surface area contributed by atoms with Crippen LogP contribution in [0.4, 0.5) is 0 Å². The first-order valence-corrected chi connectivity index (χ1v) is 21.9. The van der Waals surface area contributed by atoms with Crippen molar-refractivity contribution in [1.29, 1.82) is 0 Å². The average Bonchev–Trinajstić information content (AvgIpc) is 2.40. The second-order valence-electron chi connectivity index (χ2n) is 9.91. The summed E-state index contributed by atoms with van der Waals surface area (Å²) in [6.07, 6.45) is 1.63. The summed E-state index contributed by atoms with van der Waals surface area (Å²) in [5.41, 5.74) is 1.03. The maximum absolute atomic E-state index is 9.25. The molecule has 162 valence electrons. The van der Waals surface area contributed by atoms with E-state index >= 15 is 0 Å². The fourth-order valence-corrected chi connectivity index (χ4v) is 18.4. The molecule has 0 aliphatic heterocycles. The van der Waals surface area contributed by atoms with Gasteiger partial charge in [-0.2, -0.15) is 0 Å². The van der Waals surface area contributed by atoms with E-state index in [1.54, 1.807) is 0 Å². The molecule has 0 amide bonds. The predicted molar refractivity (Wildman–Crippen MR) is 125 cm³/mol. The largest absolute Gasteiger partial charge is 0.469 e. The van der Waals surface area contributed by atoms with Crippen molar-refractivity contribution < 1.29 is 22.2 Å². The molecule has 0 aromatic rings.